The Hall–Kier alpha value is -2.05. The van der Waals surface area contributed by atoms with Crippen LogP contribution < -0.4 is 10.6 Å². The predicted molar refractivity (Wildman–Crippen MR) is 62.9 cm³/mol. The molecule has 0 saturated heterocycles. The molecular formula is C11H16N4O3. The number of hydrogen-bond acceptors (Lipinski definition) is 3. The summed E-state index contributed by atoms with van der Waals surface area (Å²) in [4.78, 5) is 22.7. The number of amides is 2. The minimum atomic E-state index is -1.07. The summed E-state index contributed by atoms with van der Waals surface area (Å²) >= 11 is 0. The van der Waals surface area contributed by atoms with Crippen molar-refractivity contribution in [3.63, 3.8) is 0 Å². The average Bonchev–Trinajstić information content (AvgIpc) is 2.66. The van der Waals surface area contributed by atoms with Crippen molar-refractivity contribution >= 4 is 12.0 Å². The second-order valence-electron chi connectivity index (χ2n) is 4.57. The molecular weight excluding hydrogens is 236 g/mol. The average molecular weight is 252 g/mol. The van der Waals surface area contributed by atoms with Crippen LogP contribution in [-0.2, 0) is 11.3 Å². The highest BCUT2D eigenvalue weighted by Crippen LogP contribution is 2.31. The first kappa shape index (κ1) is 12.4. The van der Waals surface area contributed by atoms with Crippen molar-refractivity contribution in [2.75, 3.05) is 0 Å². The van der Waals surface area contributed by atoms with Crippen molar-refractivity contribution in [1.82, 2.24) is 20.8 Å². The topological polar surface area (TPSA) is 107 Å². The number of rotatable bonds is 4. The lowest BCUT2D eigenvalue weighted by molar-refractivity contribution is -0.148. The summed E-state index contributed by atoms with van der Waals surface area (Å²) in [6.45, 7) is 2.18. The van der Waals surface area contributed by atoms with Crippen molar-refractivity contribution in [3.8, 4) is 0 Å². The van der Waals surface area contributed by atoms with E-state index in [0.717, 1.165) is 17.7 Å². The summed E-state index contributed by atoms with van der Waals surface area (Å²) in [7, 11) is 0. The van der Waals surface area contributed by atoms with Crippen LogP contribution in [0, 0.1) is 6.92 Å². The molecule has 18 heavy (non-hydrogen) atoms. The smallest absolute Gasteiger partial charge is 0.329 e. The van der Waals surface area contributed by atoms with Gasteiger partial charge in [0, 0.05) is 17.8 Å². The van der Waals surface area contributed by atoms with Crippen molar-refractivity contribution in [3.05, 3.63) is 17.5 Å². The van der Waals surface area contributed by atoms with Gasteiger partial charge in [0.2, 0.25) is 0 Å². The van der Waals surface area contributed by atoms with E-state index in [2.05, 4.69) is 20.8 Å². The third-order valence-corrected chi connectivity index (χ3v) is 3.34. The number of aromatic nitrogens is 2. The normalized spacial score (nSPS) is 16.7. The molecule has 2 rings (SSSR count). The lowest BCUT2D eigenvalue weighted by Gasteiger charge is -2.38. The lowest BCUT2D eigenvalue weighted by atomic mass is 9.77. The molecule has 2 amide bonds. The fourth-order valence-corrected chi connectivity index (χ4v) is 1.91. The Morgan fingerprint density at radius 2 is 2.28 bits per heavy atom. The van der Waals surface area contributed by atoms with E-state index in [0.29, 0.717) is 19.4 Å². The standard InChI is InChI=1S/C11H16N4O3/c1-7-8(6-13-15-7)5-12-10(18)14-11(9(16)17)3-2-4-11/h6H,2-5H2,1H3,(H,13,15)(H,16,17)(H2,12,14,18). The number of aromatic amines is 1. The van der Waals surface area contributed by atoms with Crippen LogP contribution in [0.25, 0.3) is 0 Å². The molecule has 0 spiro atoms. The van der Waals surface area contributed by atoms with Crippen LogP contribution in [0.15, 0.2) is 6.20 Å². The Morgan fingerprint density at radius 3 is 2.72 bits per heavy atom. The van der Waals surface area contributed by atoms with Gasteiger partial charge in [0.15, 0.2) is 0 Å². The van der Waals surface area contributed by atoms with Gasteiger partial charge in [0.05, 0.1) is 6.20 Å². The summed E-state index contributed by atoms with van der Waals surface area (Å²) in [6.07, 6.45) is 3.43. The highest BCUT2D eigenvalue weighted by atomic mass is 16.4. The summed E-state index contributed by atoms with van der Waals surface area (Å²) in [5, 5.41) is 20.8. The Bertz CT molecular complexity index is 465. The van der Waals surface area contributed by atoms with Gasteiger partial charge in [0.25, 0.3) is 0 Å². The first-order valence-electron chi connectivity index (χ1n) is 5.82. The number of hydrogen-bond donors (Lipinski definition) is 4. The number of carbonyl (C=O) groups is 2. The second-order valence-corrected chi connectivity index (χ2v) is 4.57. The van der Waals surface area contributed by atoms with E-state index in [4.69, 9.17) is 5.11 Å². The van der Waals surface area contributed by atoms with Gasteiger partial charge in [-0.05, 0) is 26.2 Å². The summed E-state index contributed by atoms with van der Waals surface area (Å²) < 4.78 is 0. The van der Waals surface area contributed by atoms with E-state index < -0.39 is 17.5 Å². The number of aryl methyl sites for hydroxylation is 1. The van der Waals surface area contributed by atoms with Gasteiger partial charge in [-0.2, -0.15) is 5.10 Å². The minimum absolute atomic E-state index is 0.323. The van der Waals surface area contributed by atoms with Crippen LogP contribution >= 0.6 is 0 Å². The maximum atomic E-state index is 11.6. The van der Waals surface area contributed by atoms with E-state index in [1.807, 2.05) is 6.92 Å². The van der Waals surface area contributed by atoms with E-state index >= 15 is 0 Å². The zero-order valence-corrected chi connectivity index (χ0v) is 10.1. The maximum Gasteiger partial charge on any atom is 0.329 e. The molecule has 1 fully saturated rings. The highest BCUT2D eigenvalue weighted by molar-refractivity contribution is 5.87. The minimum Gasteiger partial charge on any atom is -0.480 e. The largest absolute Gasteiger partial charge is 0.480 e. The van der Waals surface area contributed by atoms with Gasteiger partial charge < -0.3 is 15.7 Å². The number of nitrogens with zero attached hydrogens (tertiary/aromatic N) is 1. The van der Waals surface area contributed by atoms with Gasteiger partial charge in [-0.1, -0.05) is 0 Å². The van der Waals surface area contributed by atoms with E-state index in [1.54, 1.807) is 6.20 Å². The first-order valence-corrected chi connectivity index (χ1v) is 5.82. The molecule has 0 aromatic carbocycles. The van der Waals surface area contributed by atoms with Crippen molar-refractivity contribution < 1.29 is 14.7 Å². The molecule has 0 atom stereocenters. The zero-order valence-electron chi connectivity index (χ0n) is 10.1. The van der Waals surface area contributed by atoms with Crippen molar-refractivity contribution in [2.45, 2.75) is 38.3 Å². The van der Waals surface area contributed by atoms with Gasteiger partial charge in [-0.3, -0.25) is 5.10 Å². The van der Waals surface area contributed by atoms with E-state index in [-0.39, 0.29) is 0 Å². The Balaban J connectivity index is 1.86. The van der Waals surface area contributed by atoms with Crippen molar-refractivity contribution in [1.29, 1.82) is 0 Å². The molecule has 1 heterocycles. The first-order chi connectivity index (χ1) is 8.53. The number of H-pyrrole nitrogens is 1. The van der Waals surface area contributed by atoms with Crippen LogP contribution in [0.2, 0.25) is 0 Å². The number of nitrogens with one attached hydrogen (secondary N) is 3. The van der Waals surface area contributed by atoms with Crippen LogP contribution in [0.5, 0.6) is 0 Å². The molecule has 0 radical (unpaired) electrons. The molecule has 1 saturated carbocycles. The molecule has 1 aliphatic rings. The van der Waals surface area contributed by atoms with E-state index in [1.165, 1.54) is 0 Å². The van der Waals surface area contributed by atoms with Crippen LogP contribution in [-0.4, -0.2) is 32.8 Å². The number of carboxylic acids is 1. The second kappa shape index (κ2) is 4.67. The molecule has 0 aliphatic heterocycles. The third kappa shape index (κ3) is 2.29. The molecule has 1 aromatic heterocycles. The molecule has 7 nitrogen and oxygen atoms in total. The molecule has 1 aliphatic carbocycles. The fourth-order valence-electron chi connectivity index (χ4n) is 1.91. The molecule has 1 aromatic rings. The summed E-state index contributed by atoms with van der Waals surface area (Å²) in [5.41, 5.74) is 0.685. The summed E-state index contributed by atoms with van der Waals surface area (Å²) in [5.74, 6) is -0.969. The quantitative estimate of drug-likeness (QED) is 0.626. The van der Waals surface area contributed by atoms with Crippen LogP contribution in [0.3, 0.4) is 0 Å². The lowest BCUT2D eigenvalue weighted by Crippen LogP contribution is -2.61. The van der Waals surface area contributed by atoms with E-state index in [9.17, 15) is 9.59 Å². The number of carbonyl (C=O) groups excluding carboxylic acids is 1. The van der Waals surface area contributed by atoms with Crippen molar-refractivity contribution in [2.24, 2.45) is 0 Å². The molecule has 0 unspecified atom stereocenters. The van der Waals surface area contributed by atoms with Crippen LogP contribution in [0.4, 0.5) is 4.79 Å². The van der Waals surface area contributed by atoms with Gasteiger partial charge in [0.1, 0.15) is 5.54 Å². The predicted octanol–water partition coefficient (Wildman–Crippen LogP) is 0.525. The number of carboxylic acid groups (broad SMARTS) is 1. The Labute approximate surface area is 104 Å². The Kier molecular flexibility index (Phi) is 3.22. The maximum absolute atomic E-state index is 11.6. The van der Waals surface area contributed by atoms with Gasteiger partial charge >= 0.3 is 12.0 Å². The Morgan fingerprint density at radius 1 is 1.56 bits per heavy atom. The highest BCUT2D eigenvalue weighted by Gasteiger charge is 2.45. The zero-order chi connectivity index (χ0) is 13.2. The SMILES string of the molecule is Cc1[nH]ncc1CNC(=O)NC1(C(=O)O)CCC1. The van der Waals surface area contributed by atoms with Crippen LogP contribution in [0.1, 0.15) is 30.5 Å². The molecule has 98 valence electrons. The molecule has 0 bridgehead atoms. The fraction of sp³-hybridized carbons (Fsp3) is 0.545. The summed E-state index contributed by atoms with van der Waals surface area (Å²) in [6, 6.07) is -0.460. The molecule has 7 heteroatoms. The number of aliphatic carboxylic acids is 1. The van der Waals surface area contributed by atoms with Gasteiger partial charge in [-0.25, -0.2) is 9.59 Å². The monoisotopic (exact) mass is 252 g/mol. The third-order valence-electron chi connectivity index (χ3n) is 3.34. The number of urea groups is 1. The van der Waals surface area contributed by atoms with Gasteiger partial charge in [-0.15, -0.1) is 0 Å². The molecule has 4 N–H and O–H groups in total.